The van der Waals surface area contributed by atoms with Gasteiger partial charge in [0.1, 0.15) is 11.9 Å². The molecule has 2 aromatic carbocycles. The maximum absolute atomic E-state index is 13.8. The second-order valence-electron chi connectivity index (χ2n) is 10.5. The van der Waals surface area contributed by atoms with E-state index in [1.165, 1.54) is 0 Å². The summed E-state index contributed by atoms with van der Waals surface area (Å²) in [6, 6.07) is 16.4. The van der Waals surface area contributed by atoms with Crippen molar-refractivity contribution in [1.82, 2.24) is 20.0 Å². The molecule has 1 N–H and O–H groups in total. The van der Waals surface area contributed by atoms with Gasteiger partial charge in [0.25, 0.3) is 0 Å². The second-order valence-corrected chi connectivity index (χ2v) is 11.3. The van der Waals surface area contributed by atoms with Gasteiger partial charge in [0.05, 0.1) is 16.0 Å². The van der Waals surface area contributed by atoms with Crippen molar-refractivity contribution in [3.63, 3.8) is 0 Å². The van der Waals surface area contributed by atoms with Crippen LogP contribution in [0.3, 0.4) is 0 Å². The molecular weight excluding hydrogens is 507 g/mol. The number of carbonyl (C=O) groups excluding carboxylic acids is 1. The number of hydrogen-bond acceptors (Lipinski definition) is 5. The largest absolute Gasteiger partial charge is 0.490 e. The molecule has 5 rings (SSSR count). The molecule has 0 bridgehead atoms. The van der Waals surface area contributed by atoms with E-state index in [0.717, 1.165) is 95.9 Å². The van der Waals surface area contributed by atoms with Crippen LogP contribution in [0.5, 0.6) is 5.75 Å². The minimum absolute atomic E-state index is 0.0925. The first-order valence-corrected chi connectivity index (χ1v) is 14.4. The zero-order chi connectivity index (χ0) is 25.6. The van der Waals surface area contributed by atoms with E-state index < -0.39 is 0 Å². The molecule has 200 valence electrons. The highest BCUT2D eigenvalue weighted by molar-refractivity contribution is 6.42. The molecule has 8 heteroatoms. The van der Waals surface area contributed by atoms with Gasteiger partial charge in [0, 0.05) is 71.0 Å². The van der Waals surface area contributed by atoms with Crippen LogP contribution in [-0.2, 0) is 4.79 Å². The molecule has 3 fully saturated rings. The third-order valence-electron chi connectivity index (χ3n) is 8.11. The molecule has 1 unspecified atom stereocenters. The first-order chi connectivity index (χ1) is 18.1. The smallest absolute Gasteiger partial charge is 0.231 e. The number of benzene rings is 2. The molecule has 2 aromatic rings. The summed E-state index contributed by atoms with van der Waals surface area (Å²) in [5, 5.41) is 4.49. The maximum atomic E-state index is 13.8. The van der Waals surface area contributed by atoms with E-state index in [-0.39, 0.29) is 17.9 Å². The van der Waals surface area contributed by atoms with Crippen LogP contribution in [0.15, 0.2) is 48.5 Å². The molecule has 0 aliphatic carbocycles. The van der Waals surface area contributed by atoms with Crippen LogP contribution in [0.4, 0.5) is 0 Å². The van der Waals surface area contributed by atoms with Crippen molar-refractivity contribution < 1.29 is 9.53 Å². The summed E-state index contributed by atoms with van der Waals surface area (Å²) in [6.45, 7) is 8.54. The predicted molar refractivity (Wildman–Crippen MR) is 150 cm³/mol. The number of nitrogens with one attached hydrogen (secondary N) is 1. The Bertz CT molecular complexity index is 1020. The quantitative estimate of drug-likeness (QED) is 0.555. The molecule has 6 nitrogen and oxygen atoms in total. The fourth-order valence-corrected chi connectivity index (χ4v) is 6.22. The fourth-order valence-electron chi connectivity index (χ4n) is 5.94. The molecule has 37 heavy (non-hydrogen) atoms. The van der Waals surface area contributed by atoms with Crippen molar-refractivity contribution in [2.45, 2.75) is 43.7 Å². The first kappa shape index (κ1) is 26.8. The van der Waals surface area contributed by atoms with E-state index >= 15 is 0 Å². The number of rotatable bonds is 7. The van der Waals surface area contributed by atoms with Crippen molar-refractivity contribution in [3.05, 3.63) is 64.1 Å². The van der Waals surface area contributed by atoms with Crippen LogP contribution in [0.2, 0.25) is 10.0 Å². The fraction of sp³-hybridized carbons (Fsp3) is 0.552. The summed E-state index contributed by atoms with van der Waals surface area (Å²) in [5.41, 5.74) is 1.14. The molecule has 0 radical (unpaired) electrons. The topological polar surface area (TPSA) is 48.1 Å². The van der Waals surface area contributed by atoms with Gasteiger partial charge in [0.15, 0.2) is 0 Å². The van der Waals surface area contributed by atoms with Crippen molar-refractivity contribution in [3.8, 4) is 5.75 Å². The third-order valence-corrected chi connectivity index (χ3v) is 8.85. The van der Waals surface area contributed by atoms with E-state index in [1.807, 2.05) is 12.1 Å². The van der Waals surface area contributed by atoms with Crippen LogP contribution in [-0.4, -0.2) is 91.7 Å². The lowest BCUT2D eigenvalue weighted by atomic mass is 9.94. The number of likely N-dealkylation sites (tertiary alicyclic amines) is 2. The Morgan fingerprint density at radius 1 is 0.892 bits per heavy atom. The number of piperazine rings is 1. The van der Waals surface area contributed by atoms with Crippen LogP contribution in [0.1, 0.15) is 37.2 Å². The monoisotopic (exact) mass is 544 g/mol. The van der Waals surface area contributed by atoms with Crippen molar-refractivity contribution in [2.75, 3.05) is 58.9 Å². The van der Waals surface area contributed by atoms with Gasteiger partial charge >= 0.3 is 0 Å². The van der Waals surface area contributed by atoms with Crippen LogP contribution >= 0.6 is 23.2 Å². The second kappa shape index (κ2) is 12.8. The molecule has 3 aliphatic rings. The summed E-state index contributed by atoms with van der Waals surface area (Å²) in [4.78, 5) is 20.9. The Hall–Kier alpha value is -1.83. The highest BCUT2D eigenvalue weighted by Gasteiger charge is 2.33. The molecule has 3 saturated heterocycles. The molecule has 3 heterocycles. The minimum Gasteiger partial charge on any atom is -0.490 e. The molecule has 3 aliphatic heterocycles. The Labute approximate surface area is 230 Å². The zero-order valence-corrected chi connectivity index (χ0v) is 23.0. The van der Waals surface area contributed by atoms with Gasteiger partial charge in [-0.3, -0.25) is 14.6 Å². The van der Waals surface area contributed by atoms with Crippen LogP contribution < -0.4 is 10.1 Å². The van der Waals surface area contributed by atoms with Gasteiger partial charge in [-0.25, -0.2) is 0 Å². The van der Waals surface area contributed by atoms with E-state index in [1.54, 1.807) is 12.1 Å². The SMILES string of the molecule is O=C(C(CN1CCNCC1)c1ccccc1)N1CCC(N2CCC(Oc3ccc(Cl)c(Cl)c3)CC2)CC1. The number of carbonyl (C=O) groups is 1. The molecule has 1 atom stereocenters. The molecule has 0 aromatic heterocycles. The Balaban J connectivity index is 1.12. The standard InChI is InChI=1S/C29H38Cl2N4O2/c30-27-7-6-25(20-28(27)31)37-24-10-16-34(17-11-24)23-8-14-35(15-9-23)29(36)26(22-4-2-1-3-5-22)21-33-18-12-32-13-19-33/h1-7,20,23-24,26,32H,8-19,21H2. The van der Waals surface area contributed by atoms with Crippen LogP contribution in [0.25, 0.3) is 0 Å². The van der Waals surface area contributed by atoms with Crippen LogP contribution in [0, 0.1) is 0 Å². The average Bonchev–Trinajstić information content (AvgIpc) is 2.95. The summed E-state index contributed by atoms with van der Waals surface area (Å²) in [6.07, 6.45) is 4.28. The average molecular weight is 546 g/mol. The van der Waals surface area contributed by atoms with E-state index in [9.17, 15) is 4.79 Å². The maximum Gasteiger partial charge on any atom is 0.231 e. The highest BCUT2D eigenvalue weighted by Crippen LogP contribution is 2.30. The predicted octanol–water partition coefficient (Wildman–Crippen LogP) is 4.52. The van der Waals surface area contributed by atoms with Crippen molar-refractivity contribution in [1.29, 1.82) is 0 Å². The van der Waals surface area contributed by atoms with E-state index in [4.69, 9.17) is 27.9 Å². The van der Waals surface area contributed by atoms with E-state index in [2.05, 4.69) is 44.3 Å². The number of ether oxygens (including phenoxy) is 1. The lowest BCUT2D eigenvalue weighted by Gasteiger charge is -2.42. The first-order valence-electron chi connectivity index (χ1n) is 13.7. The van der Waals surface area contributed by atoms with E-state index in [0.29, 0.717) is 16.1 Å². The van der Waals surface area contributed by atoms with Gasteiger partial charge in [-0.1, -0.05) is 53.5 Å². The number of halogens is 2. The molecule has 1 amide bonds. The van der Waals surface area contributed by atoms with Gasteiger partial charge < -0.3 is 15.0 Å². The zero-order valence-electron chi connectivity index (χ0n) is 21.5. The number of hydrogen-bond donors (Lipinski definition) is 1. The van der Waals surface area contributed by atoms with Crippen molar-refractivity contribution in [2.24, 2.45) is 0 Å². The van der Waals surface area contributed by atoms with Gasteiger partial charge in [-0.15, -0.1) is 0 Å². The summed E-state index contributed by atoms with van der Waals surface area (Å²) >= 11 is 12.2. The minimum atomic E-state index is -0.0925. The number of amides is 1. The lowest BCUT2D eigenvalue weighted by molar-refractivity contribution is -0.135. The summed E-state index contributed by atoms with van der Waals surface area (Å²) < 4.78 is 6.18. The van der Waals surface area contributed by atoms with Gasteiger partial charge in [-0.2, -0.15) is 0 Å². The molecule has 0 saturated carbocycles. The Morgan fingerprint density at radius 2 is 1.59 bits per heavy atom. The highest BCUT2D eigenvalue weighted by atomic mass is 35.5. The summed E-state index contributed by atoms with van der Waals surface area (Å²) in [5.74, 6) is 0.982. The van der Waals surface area contributed by atoms with Gasteiger partial charge in [-0.05, 0) is 43.4 Å². The molecule has 0 spiro atoms. The summed E-state index contributed by atoms with van der Waals surface area (Å²) in [7, 11) is 0. The lowest BCUT2D eigenvalue weighted by Crippen LogP contribution is -2.52. The van der Waals surface area contributed by atoms with Gasteiger partial charge in [0.2, 0.25) is 5.91 Å². The molecular formula is C29H38Cl2N4O2. The number of piperidine rings is 2. The number of nitrogens with zero attached hydrogens (tertiary/aromatic N) is 3. The Kier molecular flexibility index (Phi) is 9.27. The Morgan fingerprint density at radius 3 is 2.27 bits per heavy atom. The normalized spacial score (nSPS) is 21.6. The van der Waals surface area contributed by atoms with Crippen molar-refractivity contribution >= 4 is 29.1 Å². The third kappa shape index (κ3) is 6.98.